The molecule has 9 aromatic rings. The first-order chi connectivity index (χ1) is 60.6. The molecule has 7 aromatic carbocycles. The van der Waals surface area contributed by atoms with E-state index in [1.165, 1.54) is 88.6 Å². The van der Waals surface area contributed by atoms with Crippen LogP contribution in [0.25, 0.3) is 10.8 Å². The number of benzene rings is 7. The lowest BCUT2D eigenvalue weighted by Gasteiger charge is -2.41. The number of piperidine rings is 5. The highest BCUT2D eigenvalue weighted by atomic mass is 35.5. The van der Waals surface area contributed by atoms with E-state index in [-0.39, 0.29) is 53.6 Å². The number of nitriles is 1. The first-order valence-electron chi connectivity index (χ1n) is 46.1. The van der Waals surface area contributed by atoms with Gasteiger partial charge < -0.3 is 65.4 Å². The van der Waals surface area contributed by atoms with E-state index in [0.717, 1.165) is 168 Å². The number of amides is 8. The lowest BCUT2D eigenvalue weighted by molar-refractivity contribution is 0.0987. The minimum Gasteiger partial charge on any atom is -0.370 e. The molecule has 22 heteroatoms. The molecule has 5 fully saturated rings. The highest BCUT2D eigenvalue weighted by molar-refractivity contribution is 6.28. The zero-order chi connectivity index (χ0) is 87.2. The van der Waals surface area contributed by atoms with Gasteiger partial charge >= 0.3 is 24.1 Å². The Labute approximate surface area is 744 Å². The van der Waals surface area contributed by atoms with Crippen LogP contribution in [0.2, 0.25) is 5.28 Å². The van der Waals surface area contributed by atoms with E-state index >= 15 is 0 Å². The number of likely N-dealkylation sites (tertiary alicyclic amines) is 4. The third kappa shape index (κ3) is 29.1. The molecule has 14 rings (SSSR count). The molecule has 0 spiro atoms. The topological polar surface area (TPSA) is 208 Å². The molecule has 0 bridgehead atoms. The van der Waals surface area contributed by atoms with E-state index in [2.05, 4.69) is 199 Å². The molecule has 0 radical (unpaired) electrons. The first kappa shape index (κ1) is 94.2. The number of hydrogen-bond donors (Lipinski definition) is 4. The summed E-state index contributed by atoms with van der Waals surface area (Å²) in [6.07, 6.45) is 28.2. The molecule has 3 atom stereocenters. The average Bonchev–Trinajstić information content (AvgIpc) is 0.617. The van der Waals surface area contributed by atoms with Gasteiger partial charge in [-0.05, 0) is 200 Å². The molecule has 660 valence electrons. The van der Waals surface area contributed by atoms with Crippen molar-refractivity contribution < 1.29 is 19.2 Å². The van der Waals surface area contributed by atoms with Gasteiger partial charge in [0.1, 0.15) is 0 Å². The minimum absolute atomic E-state index is 0.0216. The van der Waals surface area contributed by atoms with Gasteiger partial charge in [-0.2, -0.15) is 5.26 Å². The molecule has 124 heavy (non-hydrogen) atoms. The Morgan fingerprint density at radius 2 is 0.815 bits per heavy atom. The number of nitrogens with one attached hydrogen (secondary N) is 4. The fourth-order valence-electron chi connectivity index (χ4n) is 18.2. The lowest BCUT2D eigenvalue weighted by Crippen LogP contribution is -2.50. The number of hydrogen-bond acceptors (Lipinski definition) is 13. The summed E-state index contributed by atoms with van der Waals surface area (Å²) in [5.74, 6) is 0. The molecule has 3 unspecified atom stereocenters. The van der Waals surface area contributed by atoms with Crippen LogP contribution in [0, 0.1) is 11.3 Å². The molecule has 5 aliphatic rings. The average molecular weight is 1700 g/mol. The molecule has 5 aliphatic heterocycles. The zero-order valence-corrected chi connectivity index (χ0v) is 75.4. The van der Waals surface area contributed by atoms with E-state index < -0.39 is 0 Å². The second kappa shape index (κ2) is 50.5. The number of anilines is 5. The summed E-state index contributed by atoms with van der Waals surface area (Å²) in [5.41, 5.74) is 9.26. The third-order valence-corrected chi connectivity index (χ3v) is 25.5. The minimum atomic E-state index is -0.125. The standard InChI is InChI=1S/C29H42N4O.C27H34N4O.C24H30N4O.C22H30ClN5O/c1-3-12-24(2)31-21-17-26(18-22-31)33(23-25-13-6-4-7-14-25)29(34)30-27-15-8-9-16-28(27)32-19-10-5-11-20-32;1-3-8-21(2)30-17-14-24(15-18-30)31(20-22-9-5-4-6-10-22)27(32)29-26-12-7-11-23-19-28-16-13-25(23)26;1-2-3-14-27-15-12-23(13-16-27)28(19-20-8-5-4-6-9-20)24(29)26-22-11-7-10-21(17-22)18-25;1-3-7-17(2)27-12-10-20(11-13-27)28(16-18-8-5-4-6-9-18)22(29)26-19-14-24-21(23)25-15-19/h4,6-9,13-16,24,26H,3,5,10-12,17-23H2,1-2H3,(H,30,34);4-7,9-13,16,19,21,24H,3,8,14-15,17-18,20H2,1-2H3,(H,29,32);4-11,17,23H,2-3,12-16,19H2,1H3,(H,26,29);4-6,8-9,14-15,17,20H,3,7,10-13,16H2,1-2H3,(H,26,29). The van der Waals surface area contributed by atoms with Crippen molar-refractivity contribution >= 4 is 74.9 Å². The van der Waals surface area contributed by atoms with Crippen molar-refractivity contribution in [2.24, 2.45) is 0 Å². The molecule has 8 amide bonds. The summed E-state index contributed by atoms with van der Waals surface area (Å²) in [5, 5.41) is 23.8. The Morgan fingerprint density at radius 3 is 1.24 bits per heavy atom. The Balaban J connectivity index is 0.000000161. The molecule has 0 saturated carbocycles. The monoisotopic (exact) mass is 1700 g/mol. The first-order valence-corrected chi connectivity index (χ1v) is 46.5. The van der Waals surface area contributed by atoms with Crippen LogP contribution in [0.3, 0.4) is 0 Å². The van der Waals surface area contributed by atoms with E-state index in [0.29, 0.717) is 61.2 Å². The fourth-order valence-corrected chi connectivity index (χ4v) is 18.3. The Morgan fingerprint density at radius 1 is 0.427 bits per heavy atom. The Kier molecular flexibility index (Phi) is 38.3. The highest BCUT2D eigenvalue weighted by Crippen LogP contribution is 2.33. The van der Waals surface area contributed by atoms with Crippen molar-refractivity contribution in [2.45, 2.75) is 239 Å². The van der Waals surface area contributed by atoms with Gasteiger partial charge in [-0.1, -0.05) is 205 Å². The number of aromatic nitrogens is 3. The van der Waals surface area contributed by atoms with Gasteiger partial charge in [0.25, 0.3) is 0 Å². The number of pyridine rings is 1. The third-order valence-electron chi connectivity index (χ3n) is 25.3. The molecule has 0 aliphatic carbocycles. The van der Waals surface area contributed by atoms with Crippen LogP contribution in [0.15, 0.2) is 219 Å². The number of para-hydroxylation sites is 2. The Hall–Kier alpha value is -10.5. The quantitative estimate of drug-likeness (QED) is 0.0322. The maximum absolute atomic E-state index is 13.8. The van der Waals surface area contributed by atoms with Crippen LogP contribution in [0.4, 0.5) is 47.6 Å². The van der Waals surface area contributed by atoms with Crippen molar-refractivity contribution in [3.63, 3.8) is 0 Å². The summed E-state index contributed by atoms with van der Waals surface area (Å²) in [6, 6.07) is 68.9. The van der Waals surface area contributed by atoms with Gasteiger partial charge in [0.05, 0.1) is 46.8 Å². The molecule has 2 aromatic heterocycles. The Bertz CT molecular complexity index is 4660. The summed E-state index contributed by atoms with van der Waals surface area (Å²) in [7, 11) is 0. The number of urea groups is 4. The predicted octanol–water partition coefficient (Wildman–Crippen LogP) is 22.0. The van der Waals surface area contributed by atoms with Gasteiger partial charge in [0.2, 0.25) is 5.28 Å². The zero-order valence-electron chi connectivity index (χ0n) is 74.7. The number of rotatable bonds is 29. The maximum atomic E-state index is 13.8. The molecular weight excluding hydrogens is 1560 g/mol. The molecule has 7 heterocycles. The number of carbonyl (C=O) groups excluding carboxylic acids is 4. The van der Waals surface area contributed by atoms with Crippen LogP contribution in [0.5, 0.6) is 0 Å². The van der Waals surface area contributed by atoms with Gasteiger partial charge in [0.15, 0.2) is 0 Å². The maximum Gasteiger partial charge on any atom is 0.322 e. The fraction of sp³-hybridized carbons (Fsp3) is 0.471. The van der Waals surface area contributed by atoms with E-state index in [1.54, 1.807) is 24.4 Å². The second-order valence-corrected chi connectivity index (χ2v) is 34.6. The van der Waals surface area contributed by atoms with Crippen LogP contribution in [-0.4, -0.2) is 193 Å². The summed E-state index contributed by atoms with van der Waals surface area (Å²) in [6.45, 7) is 30.0. The smallest absolute Gasteiger partial charge is 0.322 e. The summed E-state index contributed by atoms with van der Waals surface area (Å²) >= 11 is 5.75. The number of unbranched alkanes of at least 4 members (excludes halogenated alkanes) is 1. The highest BCUT2D eigenvalue weighted by Gasteiger charge is 2.35. The van der Waals surface area contributed by atoms with Crippen molar-refractivity contribution in [1.29, 1.82) is 5.26 Å². The van der Waals surface area contributed by atoms with E-state index in [1.807, 2.05) is 118 Å². The molecular formula is C102H136ClN17O4. The predicted molar refractivity (Wildman–Crippen MR) is 508 cm³/mol. The second-order valence-electron chi connectivity index (χ2n) is 34.2. The summed E-state index contributed by atoms with van der Waals surface area (Å²) < 4.78 is 0. The summed E-state index contributed by atoms with van der Waals surface area (Å²) in [4.78, 5) is 86.4. The number of carbonyl (C=O) groups is 4. The normalized spacial score (nSPS) is 16.5. The number of halogens is 1. The van der Waals surface area contributed by atoms with Crippen molar-refractivity contribution in [1.82, 2.24) is 54.2 Å². The molecule has 21 nitrogen and oxygen atoms in total. The number of nitrogens with zero attached hydrogens (tertiary/aromatic N) is 13. The van der Waals surface area contributed by atoms with Crippen molar-refractivity contribution in [2.75, 3.05) is 98.2 Å². The van der Waals surface area contributed by atoms with Crippen LogP contribution in [0.1, 0.15) is 198 Å². The van der Waals surface area contributed by atoms with Gasteiger partial charge in [-0.3, -0.25) is 4.98 Å². The van der Waals surface area contributed by atoms with Crippen LogP contribution < -0.4 is 26.2 Å². The van der Waals surface area contributed by atoms with E-state index in [4.69, 9.17) is 16.9 Å². The van der Waals surface area contributed by atoms with Gasteiger partial charge in [0, 0.05) is 163 Å². The molecule has 4 N–H and O–H groups in total. The van der Waals surface area contributed by atoms with Crippen LogP contribution >= 0.6 is 11.6 Å². The number of fused-ring (bicyclic) bond motifs is 1. The van der Waals surface area contributed by atoms with Gasteiger partial charge in [-0.25, -0.2) is 29.1 Å². The van der Waals surface area contributed by atoms with Gasteiger partial charge in [-0.15, -0.1) is 0 Å². The van der Waals surface area contributed by atoms with Crippen molar-refractivity contribution in [3.8, 4) is 6.07 Å². The lowest BCUT2D eigenvalue weighted by atomic mass is 10.00. The largest absolute Gasteiger partial charge is 0.370 e. The van der Waals surface area contributed by atoms with Crippen molar-refractivity contribution in [3.05, 3.63) is 252 Å². The SMILES string of the molecule is CCCC(C)N1CCC(N(Cc2ccccc2)C(=O)Nc2cccc3cnccc23)CC1.CCCC(C)N1CCC(N(Cc2ccccc2)C(=O)Nc2ccccc2N2CCCCC2)CC1.CCCC(C)N1CCC(N(Cc2ccccc2)C(=O)Nc2cnc(Cl)nc2)CC1.CCCCN1CCC(N(Cc2ccccc2)C(=O)Nc2cccc(C#N)c2)CC1. The van der Waals surface area contributed by atoms with E-state index in [9.17, 15) is 19.2 Å². The van der Waals surface area contributed by atoms with Crippen LogP contribution in [-0.2, 0) is 26.2 Å². The molecule has 5 saturated heterocycles.